The van der Waals surface area contributed by atoms with Gasteiger partial charge >= 0.3 is 6.03 Å². The molecule has 1 fully saturated rings. The van der Waals surface area contributed by atoms with Crippen molar-refractivity contribution in [1.82, 2.24) is 29.7 Å². The third-order valence-electron chi connectivity index (χ3n) is 7.42. The predicted octanol–water partition coefficient (Wildman–Crippen LogP) is 5.03. The molecule has 0 atom stereocenters. The van der Waals surface area contributed by atoms with Gasteiger partial charge in [0.2, 0.25) is 0 Å². The van der Waals surface area contributed by atoms with Crippen LogP contribution in [0.15, 0.2) is 59.9 Å². The van der Waals surface area contributed by atoms with E-state index in [9.17, 15) is 4.79 Å². The molecule has 4 aromatic rings. The molecule has 182 valence electrons. The lowest BCUT2D eigenvalue weighted by Crippen LogP contribution is -2.51. The van der Waals surface area contributed by atoms with E-state index in [1.807, 2.05) is 33.6 Å². The standard InChI is InChI=1S/C27H27N7OS/c35-27(34-13-12-32-9-1-2-20(32)16-34)33-10-6-18(7-11-33)24-15-21-22(5-8-28-26(21)31-24)30-19-3-4-23-25(14-19)36-17-29-23/h2-6,8,14-15,17H,1,7,9-13,16H2,(H2,28,30,31). The summed E-state index contributed by atoms with van der Waals surface area (Å²) in [5.74, 6) is 0. The Morgan fingerprint density at radius 2 is 2.00 bits per heavy atom. The van der Waals surface area contributed by atoms with Gasteiger partial charge in [-0.25, -0.2) is 14.8 Å². The summed E-state index contributed by atoms with van der Waals surface area (Å²) in [4.78, 5) is 32.0. The van der Waals surface area contributed by atoms with Crippen LogP contribution in [0.3, 0.4) is 0 Å². The van der Waals surface area contributed by atoms with E-state index < -0.39 is 0 Å². The van der Waals surface area contributed by atoms with Gasteiger partial charge in [0.05, 0.1) is 28.0 Å². The molecule has 0 spiro atoms. The number of fused-ring (bicyclic) bond motifs is 3. The van der Waals surface area contributed by atoms with Gasteiger partial charge in [-0.15, -0.1) is 11.3 Å². The number of pyridine rings is 1. The zero-order valence-electron chi connectivity index (χ0n) is 19.9. The number of thiazole rings is 1. The van der Waals surface area contributed by atoms with Crippen LogP contribution in [0.4, 0.5) is 16.2 Å². The number of hydrogen-bond donors (Lipinski definition) is 2. The summed E-state index contributed by atoms with van der Waals surface area (Å²) in [5, 5.41) is 4.61. The largest absolute Gasteiger partial charge is 0.372 e. The molecule has 0 unspecified atom stereocenters. The molecule has 1 aromatic carbocycles. The molecule has 3 aromatic heterocycles. The fourth-order valence-electron chi connectivity index (χ4n) is 5.44. The highest BCUT2D eigenvalue weighted by Crippen LogP contribution is 2.32. The van der Waals surface area contributed by atoms with Gasteiger partial charge < -0.3 is 25.0 Å². The van der Waals surface area contributed by atoms with Gasteiger partial charge in [-0.2, -0.15) is 0 Å². The number of rotatable bonds is 3. The Balaban J connectivity index is 1.08. The van der Waals surface area contributed by atoms with Crippen LogP contribution >= 0.6 is 11.3 Å². The number of hydrogen-bond acceptors (Lipinski definition) is 6. The molecule has 3 aliphatic rings. The normalized spacial score (nSPS) is 17.9. The predicted molar refractivity (Wildman–Crippen MR) is 144 cm³/mol. The number of carbonyl (C=O) groups is 1. The van der Waals surface area contributed by atoms with Crippen LogP contribution in [0.5, 0.6) is 0 Å². The molecule has 0 saturated carbocycles. The number of amides is 2. The van der Waals surface area contributed by atoms with Crippen molar-refractivity contribution in [3.63, 3.8) is 0 Å². The highest BCUT2D eigenvalue weighted by Gasteiger charge is 2.30. The minimum atomic E-state index is 0.153. The topological polar surface area (TPSA) is 80.4 Å². The minimum absolute atomic E-state index is 0.153. The maximum absolute atomic E-state index is 13.2. The highest BCUT2D eigenvalue weighted by atomic mass is 32.1. The van der Waals surface area contributed by atoms with E-state index in [4.69, 9.17) is 0 Å². The first-order valence-electron chi connectivity index (χ1n) is 12.5. The maximum Gasteiger partial charge on any atom is 0.320 e. The van der Waals surface area contributed by atoms with Gasteiger partial charge in [-0.05, 0) is 48.7 Å². The van der Waals surface area contributed by atoms with Crippen molar-refractivity contribution in [3.05, 3.63) is 65.6 Å². The van der Waals surface area contributed by atoms with Crippen LogP contribution in [0.25, 0.3) is 26.8 Å². The second kappa shape index (κ2) is 8.67. The molecular weight excluding hydrogens is 470 g/mol. The van der Waals surface area contributed by atoms with E-state index in [1.165, 1.54) is 11.3 Å². The molecular formula is C27H27N7OS. The van der Waals surface area contributed by atoms with Crippen molar-refractivity contribution >= 4 is 55.6 Å². The number of carbonyl (C=O) groups excluding carboxylic acids is 1. The van der Waals surface area contributed by atoms with E-state index in [-0.39, 0.29) is 6.03 Å². The Morgan fingerprint density at radius 3 is 2.92 bits per heavy atom. The minimum Gasteiger partial charge on any atom is -0.372 e. The lowest BCUT2D eigenvalue weighted by molar-refractivity contribution is 0.139. The number of benzene rings is 1. The number of nitrogens with zero attached hydrogens (tertiary/aromatic N) is 5. The Morgan fingerprint density at radius 1 is 1.03 bits per heavy atom. The monoisotopic (exact) mass is 497 g/mol. The van der Waals surface area contributed by atoms with Crippen molar-refractivity contribution in [2.45, 2.75) is 12.8 Å². The number of aromatic amines is 1. The van der Waals surface area contributed by atoms with Gasteiger partial charge in [0, 0.05) is 61.4 Å². The summed E-state index contributed by atoms with van der Waals surface area (Å²) in [5.41, 5.74) is 9.41. The van der Waals surface area contributed by atoms with Crippen LogP contribution in [0.1, 0.15) is 18.5 Å². The SMILES string of the molecule is O=C(N1CC=C(c2cc3c(Nc4ccc5ncsc5c4)ccnc3[nH]2)CC1)N1CCN2CCC=C2C1. The lowest BCUT2D eigenvalue weighted by atomic mass is 10.0. The fraction of sp³-hybridized carbons (Fsp3) is 0.296. The van der Waals surface area contributed by atoms with Crippen molar-refractivity contribution in [3.8, 4) is 0 Å². The van der Waals surface area contributed by atoms with E-state index >= 15 is 0 Å². The van der Waals surface area contributed by atoms with Crippen LogP contribution < -0.4 is 5.32 Å². The molecule has 2 amide bonds. The van der Waals surface area contributed by atoms with Gasteiger partial charge in [0.25, 0.3) is 0 Å². The van der Waals surface area contributed by atoms with Crippen molar-refractivity contribution < 1.29 is 4.79 Å². The quantitative estimate of drug-likeness (QED) is 0.415. The summed E-state index contributed by atoms with van der Waals surface area (Å²) in [6.07, 6.45) is 8.21. The van der Waals surface area contributed by atoms with Crippen molar-refractivity contribution in [1.29, 1.82) is 0 Å². The maximum atomic E-state index is 13.2. The second-order valence-corrected chi connectivity index (χ2v) is 10.5. The van der Waals surface area contributed by atoms with E-state index in [1.54, 1.807) is 11.3 Å². The summed E-state index contributed by atoms with van der Waals surface area (Å²) < 4.78 is 1.16. The number of aromatic nitrogens is 3. The summed E-state index contributed by atoms with van der Waals surface area (Å²) in [7, 11) is 0. The lowest BCUT2D eigenvalue weighted by Gasteiger charge is -2.38. The first-order valence-corrected chi connectivity index (χ1v) is 13.3. The molecule has 7 rings (SSSR count). The number of anilines is 2. The average molecular weight is 498 g/mol. The first-order chi connectivity index (χ1) is 17.7. The van der Waals surface area contributed by atoms with Crippen LogP contribution in [-0.4, -0.2) is 75.0 Å². The molecule has 1 saturated heterocycles. The van der Waals surface area contributed by atoms with Crippen LogP contribution in [0, 0.1) is 0 Å². The molecule has 8 nitrogen and oxygen atoms in total. The Bertz CT molecular complexity index is 1530. The zero-order valence-corrected chi connectivity index (χ0v) is 20.7. The summed E-state index contributed by atoms with van der Waals surface area (Å²) in [6, 6.07) is 10.6. The molecule has 9 heteroatoms. The molecule has 36 heavy (non-hydrogen) atoms. The van der Waals surface area contributed by atoms with Gasteiger partial charge in [0.1, 0.15) is 5.65 Å². The first kappa shape index (κ1) is 21.4. The third-order valence-corrected chi connectivity index (χ3v) is 8.21. The second-order valence-electron chi connectivity index (χ2n) is 9.56. The van der Waals surface area contributed by atoms with Gasteiger partial charge in [-0.3, -0.25) is 0 Å². The zero-order chi connectivity index (χ0) is 24.1. The van der Waals surface area contributed by atoms with E-state index in [0.717, 1.165) is 83.9 Å². The van der Waals surface area contributed by atoms with E-state index in [2.05, 4.69) is 55.5 Å². The van der Waals surface area contributed by atoms with Gasteiger partial charge in [0.15, 0.2) is 0 Å². The average Bonchev–Trinajstić information content (AvgIpc) is 3.67. The van der Waals surface area contributed by atoms with Gasteiger partial charge in [-0.1, -0.05) is 12.2 Å². The number of urea groups is 1. The molecule has 2 N–H and O–H groups in total. The van der Waals surface area contributed by atoms with Crippen LogP contribution in [-0.2, 0) is 0 Å². The Kier molecular flexibility index (Phi) is 5.16. The van der Waals surface area contributed by atoms with Crippen molar-refractivity contribution in [2.75, 3.05) is 44.6 Å². The molecule has 0 aliphatic carbocycles. The smallest absolute Gasteiger partial charge is 0.320 e. The summed E-state index contributed by atoms with van der Waals surface area (Å²) >= 11 is 1.64. The van der Waals surface area contributed by atoms with Crippen molar-refractivity contribution in [2.24, 2.45) is 0 Å². The van der Waals surface area contributed by atoms with E-state index in [0.29, 0.717) is 6.54 Å². The molecule has 0 bridgehead atoms. The Hall–Kier alpha value is -3.85. The number of H-pyrrole nitrogens is 1. The molecule has 0 radical (unpaired) electrons. The molecule has 3 aliphatic heterocycles. The number of piperazine rings is 1. The third kappa shape index (κ3) is 3.80. The van der Waals surface area contributed by atoms with Crippen LogP contribution in [0.2, 0.25) is 0 Å². The Labute approximate surface area is 212 Å². The number of nitrogens with one attached hydrogen (secondary N) is 2. The summed E-state index contributed by atoms with van der Waals surface area (Å²) in [6.45, 7) is 4.96. The fourth-order valence-corrected chi connectivity index (χ4v) is 6.16. The molecule has 6 heterocycles. The highest BCUT2D eigenvalue weighted by molar-refractivity contribution is 7.16.